The van der Waals surface area contributed by atoms with Crippen molar-refractivity contribution in [2.75, 3.05) is 60.0 Å². The number of nitrogens with one attached hydrogen (secondary N) is 2. The summed E-state index contributed by atoms with van der Waals surface area (Å²) >= 11 is 12.8. The maximum absolute atomic E-state index is 14.3. The number of imidazole rings is 1. The van der Waals surface area contributed by atoms with Gasteiger partial charge >= 0.3 is 0 Å². The average molecular weight is 713 g/mol. The number of carbonyl (C=O) groups is 1. The number of nitrogens with zero attached hydrogens (tertiary/aromatic N) is 3. The molecule has 2 N–H and O–H groups in total. The molecule has 264 valence electrons. The minimum absolute atomic E-state index is 0.0410. The Balaban J connectivity index is 1.39. The lowest BCUT2D eigenvalue weighted by Gasteiger charge is -2.45. The summed E-state index contributed by atoms with van der Waals surface area (Å²) in [7, 11) is 6.49. The molecule has 1 aliphatic rings. The van der Waals surface area contributed by atoms with Gasteiger partial charge in [0.2, 0.25) is 11.7 Å². The van der Waals surface area contributed by atoms with Crippen LogP contribution < -0.4 is 19.5 Å². The van der Waals surface area contributed by atoms with Crippen molar-refractivity contribution in [3.05, 3.63) is 75.3 Å². The third-order valence-electron chi connectivity index (χ3n) is 9.36. The summed E-state index contributed by atoms with van der Waals surface area (Å²) in [6.45, 7) is 7.05. The van der Waals surface area contributed by atoms with Gasteiger partial charge in [-0.15, -0.1) is 0 Å². The highest BCUT2D eigenvalue weighted by Crippen LogP contribution is 2.40. The fraction of sp³-hybridized carbons (Fsp3) is 0.459. The molecule has 10 nitrogen and oxygen atoms in total. The first-order valence-corrected chi connectivity index (χ1v) is 17.6. The van der Waals surface area contributed by atoms with Crippen molar-refractivity contribution in [1.82, 2.24) is 19.8 Å². The second kappa shape index (κ2) is 16.8. The number of fused-ring (bicyclic) bond motifs is 1. The van der Waals surface area contributed by atoms with E-state index < -0.39 is 0 Å². The van der Waals surface area contributed by atoms with E-state index in [1.165, 1.54) is 5.56 Å². The van der Waals surface area contributed by atoms with Crippen molar-refractivity contribution < 1.29 is 23.7 Å². The number of benzene rings is 3. The lowest BCUT2D eigenvalue weighted by molar-refractivity contribution is 0.0200. The van der Waals surface area contributed by atoms with Crippen LogP contribution in [0.2, 0.25) is 10.0 Å². The Hall–Kier alpha value is -3.70. The highest BCUT2D eigenvalue weighted by atomic mass is 35.5. The first-order valence-electron chi connectivity index (χ1n) is 16.8. The van der Waals surface area contributed by atoms with Crippen LogP contribution in [-0.2, 0) is 11.2 Å². The number of halogens is 2. The predicted octanol–water partition coefficient (Wildman–Crippen LogP) is 7.64. The number of rotatable bonds is 15. The third kappa shape index (κ3) is 8.20. The molecule has 0 radical (unpaired) electrons. The Kier molecular flexibility index (Phi) is 12.5. The Morgan fingerprint density at radius 3 is 2.35 bits per heavy atom. The molecule has 3 aromatic carbocycles. The van der Waals surface area contributed by atoms with Crippen LogP contribution in [0, 0.1) is 0 Å². The van der Waals surface area contributed by atoms with Crippen LogP contribution >= 0.6 is 23.2 Å². The molecular formula is C37H47Cl2N5O5. The van der Waals surface area contributed by atoms with Gasteiger partial charge in [0.05, 0.1) is 55.2 Å². The number of hydrogen-bond donors (Lipinski definition) is 2. The Labute approximate surface area is 299 Å². The van der Waals surface area contributed by atoms with Gasteiger partial charge in [0.1, 0.15) is 0 Å². The van der Waals surface area contributed by atoms with Crippen molar-refractivity contribution in [2.45, 2.75) is 57.7 Å². The molecule has 1 saturated heterocycles. The second-order valence-electron chi connectivity index (χ2n) is 12.2. The molecule has 0 bridgehead atoms. The fourth-order valence-corrected chi connectivity index (χ4v) is 7.16. The Bertz CT molecular complexity index is 1700. The number of methoxy groups -OCH3 is 3. The van der Waals surface area contributed by atoms with Gasteiger partial charge in [-0.1, -0.05) is 48.3 Å². The number of para-hydroxylation sites is 1. The molecule has 0 aliphatic carbocycles. The maximum atomic E-state index is 14.3. The monoisotopic (exact) mass is 711 g/mol. The van der Waals surface area contributed by atoms with E-state index in [1.54, 1.807) is 33.5 Å². The van der Waals surface area contributed by atoms with Crippen LogP contribution in [0.5, 0.6) is 17.2 Å². The number of hydrogen-bond acceptors (Lipinski definition) is 8. The lowest BCUT2D eigenvalue weighted by Crippen LogP contribution is -2.55. The number of piperidine rings is 1. The molecule has 1 amide bonds. The summed E-state index contributed by atoms with van der Waals surface area (Å²) in [5.74, 6) is 1.84. The molecule has 2 atom stereocenters. The summed E-state index contributed by atoms with van der Waals surface area (Å²) < 4.78 is 22.2. The van der Waals surface area contributed by atoms with Crippen molar-refractivity contribution in [2.24, 2.45) is 0 Å². The van der Waals surface area contributed by atoms with Crippen LogP contribution in [0.1, 0.15) is 60.5 Å². The van der Waals surface area contributed by atoms with E-state index >= 15 is 0 Å². The largest absolute Gasteiger partial charge is 0.493 e. The Morgan fingerprint density at radius 1 is 1.02 bits per heavy atom. The number of amides is 1. The molecule has 1 aliphatic heterocycles. The van der Waals surface area contributed by atoms with E-state index in [4.69, 9.17) is 47.1 Å². The second-order valence-corrected chi connectivity index (χ2v) is 13.0. The molecule has 2 unspecified atom stereocenters. The summed E-state index contributed by atoms with van der Waals surface area (Å²) in [6, 6.07) is 15.6. The topological polar surface area (TPSA) is 101 Å². The molecule has 2 heterocycles. The van der Waals surface area contributed by atoms with Crippen LogP contribution in [0.25, 0.3) is 11.0 Å². The molecule has 0 saturated carbocycles. The van der Waals surface area contributed by atoms with Gasteiger partial charge < -0.3 is 34.1 Å². The molecule has 12 heteroatoms. The number of aromatic nitrogens is 2. The van der Waals surface area contributed by atoms with E-state index in [0.29, 0.717) is 46.1 Å². The summed E-state index contributed by atoms with van der Waals surface area (Å²) in [5.41, 5.74) is 4.61. The van der Waals surface area contributed by atoms with Gasteiger partial charge in [0.15, 0.2) is 11.5 Å². The van der Waals surface area contributed by atoms with E-state index in [0.717, 1.165) is 61.3 Å². The molecule has 0 spiro atoms. The quantitative estimate of drug-likeness (QED) is 0.121. The summed E-state index contributed by atoms with van der Waals surface area (Å²) in [4.78, 5) is 26.9. The van der Waals surface area contributed by atoms with Gasteiger partial charge in [-0.2, -0.15) is 0 Å². The van der Waals surface area contributed by atoms with E-state index in [-0.39, 0.29) is 24.0 Å². The van der Waals surface area contributed by atoms with Crippen molar-refractivity contribution in [3.8, 4) is 17.2 Å². The number of H-pyrrole nitrogens is 1. The normalized spacial score (nSPS) is 15.2. The van der Waals surface area contributed by atoms with Crippen LogP contribution in [0.15, 0.2) is 48.5 Å². The van der Waals surface area contributed by atoms with E-state index in [1.807, 2.05) is 37.1 Å². The van der Waals surface area contributed by atoms with Crippen LogP contribution in [0.4, 0.5) is 5.95 Å². The molecule has 49 heavy (non-hydrogen) atoms. The highest BCUT2D eigenvalue weighted by molar-refractivity contribution is 6.42. The van der Waals surface area contributed by atoms with Crippen molar-refractivity contribution >= 4 is 46.1 Å². The first kappa shape index (κ1) is 36.6. The van der Waals surface area contributed by atoms with Crippen LogP contribution in [-0.4, -0.2) is 92.6 Å². The minimum atomic E-state index is -0.270. The Morgan fingerprint density at radius 2 is 1.73 bits per heavy atom. The summed E-state index contributed by atoms with van der Waals surface area (Å²) in [6.07, 6.45) is 3.06. The molecule has 5 rings (SSSR count). The average Bonchev–Trinajstić information content (AvgIpc) is 3.54. The number of likely N-dealkylation sites (tertiary alicyclic amines) is 1. The number of likely N-dealkylation sites (N-methyl/N-ethyl adjacent to an activating group) is 1. The molecule has 1 aromatic heterocycles. The fourth-order valence-electron chi connectivity index (χ4n) is 6.85. The van der Waals surface area contributed by atoms with Gasteiger partial charge in [-0.3, -0.25) is 9.69 Å². The zero-order valence-corrected chi connectivity index (χ0v) is 30.7. The summed E-state index contributed by atoms with van der Waals surface area (Å²) in [5, 5.41) is 4.64. The van der Waals surface area contributed by atoms with Gasteiger partial charge in [0.25, 0.3) is 5.91 Å². The first-order chi connectivity index (χ1) is 23.7. The minimum Gasteiger partial charge on any atom is -0.493 e. The molecular weight excluding hydrogens is 665 g/mol. The molecule has 4 aromatic rings. The van der Waals surface area contributed by atoms with Gasteiger partial charge in [-0.25, -0.2) is 4.98 Å². The van der Waals surface area contributed by atoms with Crippen molar-refractivity contribution in [1.29, 1.82) is 0 Å². The highest BCUT2D eigenvalue weighted by Gasteiger charge is 2.37. The SMILES string of the molecule is CCOCCc1cccc2[nH]c(NC3CCN(C(C(CC)c4ccc(Cl)c(Cl)c4)N(C)C(=O)c4cc(OC)c(OC)c(OC)c4)CC3)nc12. The predicted molar refractivity (Wildman–Crippen MR) is 196 cm³/mol. The van der Waals surface area contributed by atoms with Crippen LogP contribution in [0.3, 0.4) is 0 Å². The van der Waals surface area contributed by atoms with E-state index in [9.17, 15) is 4.79 Å². The lowest BCUT2D eigenvalue weighted by atomic mass is 9.90. The number of aromatic amines is 1. The van der Waals surface area contributed by atoms with E-state index in [2.05, 4.69) is 40.3 Å². The zero-order chi connectivity index (χ0) is 35.1. The number of ether oxygens (including phenoxy) is 4. The van der Waals surface area contributed by atoms with Gasteiger partial charge in [-0.05, 0) is 74.1 Å². The third-order valence-corrected chi connectivity index (χ3v) is 10.1. The van der Waals surface area contributed by atoms with Crippen molar-refractivity contribution in [3.63, 3.8) is 0 Å². The number of anilines is 1. The molecule has 1 fully saturated rings. The standard InChI is InChI=1S/C37H47Cl2N5O5/c1-7-27(24-12-13-28(38)29(39)20-24)35(43(3)36(45)25-21-31(46-4)34(48-6)32(22-25)47-5)44-17-14-26(15-18-44)40-37-41-30-11-9-10-23(33(30)42-37)16-19-49-8-2/h9-13,20-22,26-27,35H,7-8,14-19H2,1-6H3,(H2,40,41,42). The smallest absolute Gasteiger partial charge is 0.255 e. The zero-order valence-electron chi connectivity index (χ0n) is 29.1. The maximum Gasteiger partial charge on any atom is 0.255 e. The van der Waals surface area contributed by atoms with Gasteiger partial charge in [0, 0.05) is 44.3 Å². The number of carbonyl (C=O) groups excluding carboxylic acids is 1.